The molecule has 0 radical (unpaired) electrons. The Kier molecular flexibility index (Phi) is 3.81. The van der Waals surface area contributed by atoms with Gasteiger partial charge in [0.25, 0.3) is 5.69 Å². The smallest absolute Gasteiger partial charge is 0.335 e. The molecule has 0 unspecified atom stereocenters. The zero-order chi connectivity index (χ0) is 15.4. The third kappa shape index (κ3) is 3.13. The van der Waals surface area contributed by atoms with Crippen molar-refractivity contribution in [3.63, 3.8) is 0 Å². The molecule has 0 saturated heterocycles. The topological polar surface area (TPSA) is 113 Å². The molecule has 0 aliphatic heterocycles. The third-order valence-electron chi connectivity index (χ3n) is 2.62. The number of non-ortho nitro benzene ring substituents is 1. The van der Waals surface area contributed by atoms with Gasteiger partial charge in [0.2, 0.25) is 0 Å². The normalized spacial score (nSPS) is 9.67. The molecule has 0 atom stereocenters. The van der Waals surface area contributed by atoms with Crippen LogP contribution in [0.4, 0.5) is 5.69 Å². The highest BCUT2D eigenvalue weighted by molar-refractivity contribution is 5.87. The van der Waals surface area contributed by atoms with Gasteiger partial charge in [-0.15, -0.1) is 0 Å². The van der Waals surface area contributed by atoms with E-state index >= 15 is 0 Å². The number of nitro benzene ring substituents is 1. The first-order chi connectivity index (χ1) is 10.0. The molecule has 0 fully saturated rings. The average Bonchev–Trinajstić information content (AvgIpc) is 2.48. The molecule has 0 aliphatic carbocycles. The second-order valence-corrected chi connectivity index (χ2v) is 3.98. The van der Waals surface area contributed by atoms with Crippen LogP contribution in [0, 0.1) is 21.4 Å². The minimum absolute atomic E-state index is 0.0199. The van der Waals surface area contributed by atoms with Crippen molar-refractivity contribution in [1.29, 1.82) is 5.26 Å². The summed E-state index contributed by atoms with van der Waals surface area (Å²) in [6.45, 7) is 0. The minimum atomic E-state index is -1.06. The first kappa shape index (κ1) is 14.0. The lowest BCUT2D eigenvalue weighted by molar-refractivity contribution is -0.384. The van der Waals surface area contributed by atoms with Gasteiger partial charge in [-0.3, -0.25) is 10.1 Å². The van der Waals surface area contributed by atoms with E-state index in [2.05, 4.69) is 0 Å². The largest absolute Gasteiger partial charge is 0.478 e. The van der Waals surface area contributed by atoms with Crippen LogP contribution in [0.3, 0.4) is 0 Å². The Morgan fingerprint density at radius 3 is 2.43 bits per heavy atom. The van der Waals surface area contributed by atoms with Crippen LogP contribution in [0.15, 0.2) is 42.5 Å². The number of nitrogens with zero attached hydrogens (tertiary/aromatic N) is 2. The Morgan fingerprint density at radius 1 is 1.24 bits per heavy atom. The van der Waals surface area contributed by atoms with Gasteiger partial charge in [-0.2, -0.15) is 5.26 Å². The van der Waals surface area contributed by atoms with Gasteiger partial charge in [-0.25, -0.2) is 4.79 Å². The number of carboxylic acid groups (broad SMARTS) is 1. The molecule has 7 heteroatoms. The number of carboxylic acids is 1. The predicted octanol–water partition coefficient (Wildman–Crippen LogP) is 2.96. The Balaban J connectivity index is 2.29. The zero-order valence-corrected chi connectivity index (χ0v) is 10.5. The number of hydrogen-bond donors (Lipinski definition) is 1. The van der Waals surface area contributed by atoms with Gasteiger partial charge in [0.05, 0.1) is 10.5 Å². The second kappa shape index (κ2) is 5.71. The lowest BCUT2D eigenvalue weighted by Crippen LogP contribution is -1.96. The van der Waals surface area contributed by atoms with Gasteiger partial charge in [-0.05, 0) is 30.3 Å². The van der Waals surface area contributed by atoms with Crippen molar-refractivity contribution in [1.82, 2.24) is 0 Å². The summed E-state index contributed by atoms with van der Waals surface area (Å²) in [7, 11) is 0. The van der Waals surface area contributed by atoms with Crippen LogP contribution in [0.5, 0.6) is 11.5 Å². The number of ether oxygens (including phenoxy) is 1. The van der Waals surface area contributed by atoms with Crippen molar-refractivity contribution >= 4 is 11.7 Å². The van der Waals surface area contributed by atoms with Gasteiger partial charge < -0.3 is 9.84 Å². The Morgan fingerprint density at radius 2 is 1.90 bits per heavy atom. The fraction of sp³-hybridized carbons (Fsp3) is 0. The average molecular weight is 284 g/mol. The summed E-state index contributed by atoms with van der Waals surface area (Å²) >= 11 is 0. The lowest BCUT2D eigenvalue weighted by atomic mass is 10.2. The molecule has 1 N–H and O–H groups in total. The van der Waals surface area contributed by atoms with Gasteiger partial charge in [0, 0.05) is 12.1 Å². The van der Waals surface area contributed by atoms with E-state index in [0.717, 1.165) is 6.07 Å². The number of rotatable bonds is 4. The summed E-state index contributed by atoms with van der Waals surface area (Å²) in [5.74, 6) is -0.578. The van der Waals surface area contributed by atoms with Crippen molar-refractivity contribution in [2.45, 2.75) is 0 Å². The third-order valence-corrected chi connectivity index (χ3v) is 2.62. The fourth-order valence-corrected chi connectivity index (χ4v) is 1.60. The molecule has 21 heavy (non-hydrogen) atoms. The first-order valence-electron chi connectivity index (χ1n) is 5.71. The number of nitro groups is 1. The van der Waals surface area contributed by atoms with Crippen molar-refractivity contribution in [3.8, 4) is 17.6 Å². The number of nitriles is 1. The van der Waals surface area contributed by atoms with E-state index in [0.29, 0.717) is 5.75 Å². The van der Waals surface area contributed by atoms with Crippen molar-refractivity contribution in [3.05, 3.63) is 63.7 Å². The molecule has 0 aliphatic rings. The lowest BCUT2D eigenvalue weighted by Gasteiger charge is -2.07. The number of hydrogen-bond acceptors (Lipinski definition) is 5. The predicted molar refractivity (Wildman–Crippen MR) is 71.3 cm³/mol. The second-order valence-electron chi connectivity index (χ2n) is 3.98. The van der Waals surface area contributed by atoms with E-state index in [1.54, 1.807) is 0 Å². The van der Waals surface area contributed by atoms with Crippen LogP contribution < -0.4 is 4.74 Å². The van der Waals surface area contributed by atoms with E-state index in [1.165, 1.54) is 36.4 Å². The number of benzene rings is 2. The van der Waals surface area contributed by atoms with E-state index < -0.39 is 10.9 Å². The maximum atomic E-state index is 10.7. The maximum Gasteiger partial charge on any atom is 0.335 e. The van der Waals surface area contributed by atoms with Crippen LogP contribution in [0.2, 0.25) is 0 Å². The monoisotopic (exact) mass is 284 g/mol. The standard InChI is InChI=1S/C14H8N2O5/c15-8-10-7-11(16(19)20)3-6-13(10)21-12-4-1-9(2-5-12)14(17)18/h1-7H,(H,17,18). The number of aromatic carboxylic acids is 1. The molecular formula is C14H8N2O5. The van der Waals surface area contributed by atoms with E-state index in [-0.39, 0.29) is 22.6 Å². The molecule has 2 aromatic carbocycles. The van der Waals surface area contributed by atoms with Crippen molar-refractivity contribution in [2.24, 2.45) is 0 Å². The van der Waals surface area contributed by atoms with E-state index in [1.807, 2.05) is 6.07 Å². The fourth-order valence-electron chi connectivity index (χ4n) is 1.60. The minimum Gasteiger partial charge on any atom is -0.478 e. The highest BCUT2D eigenvalue weighted by atomic mass is 16.6. The number of carbonyl (C=O) groups is 1. The molecule has 0 saturated carbocycles. The van der Waals surface area contributed by atoms with Gasteiger partial charge in [0.15, 0.2) is 0 Å². The molecule has 0 aromatic heterocycles. The SMILES string of the molecule is N#Cc1cc([N+](=O)[O-])ccc1Oc1ccc(C(=O)O)cc1. The summed E-state index contributed by atoms with van der Waals surface area (Å²) in [5, 5.41) is 28.4. The van der Waals surface area contributed by atoms with Gasteiger partial charge in [0.1, 0.15) is 23.1 Å². The molecule has 0 amide bonds. The Labute approximate surface area is 118 Å². The highest BCUT2D eigenvalue weighted by Gasteiger charge is 2.12. The molecule has 2 rings (SSSR count). The van der Waals surface area contributed by atoms with Crippen LogP contribution >= 0.6 is 0 Å². The van der Waals surface area contributed by atoms with Gasteiger partial charge in [-0.1, -0.05) is 0 Å². The molecule has 0 spiro atoms. The van der Waals surface area contributed by atoms with Crippen LogP contribution in [0.25, 0.3) is 0 Å². The highest BCUT2D eigenvalue weighted by Crippen LogP contribution is 2.28. The summed E-state index contributed by atoms with van der Waals surface area (Å²) < 4.78 is 5.43. The summed E-state index contributed by atoms with van der Waals surface area (Å²) in [4.78, 5) is 20.8. The molecular weight excluding hydrogens is 276 g/mol. The quantitative estimate of drug-likeness (QED) is 0.682. The molecule has 2 aromatic rings. The molecule has 7 nitrogen and oxygen atoms in total. The van der Waals surface area contributed by atoms with Gasteiger partial charge >= 0.3 is 5.97 Å². The maximum absolute atomic E-state index is 10.7. The molecule has 0 heterocycles. The summed E-state index contributed by atoms with van der Waals surface area (Å²) in [6.07, 6.45) is 0. The summed E-state index contributed by atoms with van der Waals surface area (Å²) in [5.41, 5.74) is -0.0850. The van der Waals surface area contributed by atoms with E-state index in [9.17, 15) is 14.9 Å². The van der Waals surface area contributed by atoms with Crippen LogP contribution in [-0.2, 0) is 0 Å². The van der Waals surface area contributed by atoms with Crippen LogP contribution in [-0.4, -0.2) is 16.0 Å². The molecule has 0 bridgehead atoms. The Bertz CT molecular complexity index is 747. The van der Waals surface area contributed by atoms with Crippen molar-refractivity contribution < 1.29 is 19.6 Å². The van der Waals surface area contributed by atoms with E-state index in [4.69, 9.17) is 15.1 Å². The molecule has 104 valence electrons. The summed E-state index contributed by atoms with van der Waals surface area (Å²) in [6, 6.07) is 11.1. The van der Waals surface area contributed by atoms with Crippen LogP contribution in [0.1, 0.15) is 15.9 Å². The van der Waals surface area contributed by atoms with Crippen molar-refractivity contribution in [2.75, 3.05) is 0 Å². The Hall–Kier alpha value is -3.40. The zero-order valence-electron chi connectivity index (χ0n) is 10.5. The first-order valence-corrected chi connectivity index (χ1v) is 5.71.